The molecular weight excluding hydrogens is 398 g/mol. The van der Waals surface area contributed by atoms with E-state index in [-0.39, 0.29) is 25.0 Å². The number of rotatable bonds is 4. The maximum atomic E-state index is 12.5. The van der Waals surface area contributed by atoms with Crippen LogP contribution in [0.2, 0.25) is 5.02 Å². The monoisotopic (exact) mass is 411 g/mol. The molecule has 3 aromatic rings. The fraction of sp³-hybridized carbons (Fsp3) is 0.158. The third-order valence-electron chi connectivity index (χ3n) is 4.60. The smallest absolute Gasteiger partial charge is 0.252 e. The zero-order valence-corrected chi connectivity index (χ0v) is 15.6. The van der Waals surface area contributed by atoms with Crippen molar-refractivity contribution in [1.82, 2.24) is 14.8 Å². The van der Waals surface area contributed by atoms with Gasteiger partial charge in [-0.3, -0.25) is 14.9 Å². The summed E-state index contributed by atoms with van der Waals surface area (Å²) in [6.07, 6.45) is -0.0866. The van der Waals surface area contributed by atoms with Crippen molar-refractivity contribution in [2.45, 2.75) is 12.5 Å². The summed E-state index contributed by atoms with van der Waals surface area (Å²) in [4.78, 5) is 29.1. The first-order valence-electron chi connectivity index (χ1n) is 8.80. The number of halogens is 1. The fourth-order valence-electron chi connectivity index (χ4n) is 3.19. The van der Waals surface area contributed by atoms with Gasteiger partial charge in [0.1, 0.15) is 6.04 Å². The molecule has 2 amide bonds. The van der Waals surface area contributed by atoms with E-state index in [1.165, 1.54) is 4.68 Å². The number of benzene rings is 2. The highest BCUT2D eigenvalue weighted by Crippen LogP contribution is 2.34. The van der Waals surface area contributed by atoms with Crippen molar-refractivity contribution in [2.75, 3.05) is 17.4 Å². The Balaban J connectivity index is 1.32. The fourth-order valence-corrected chi connectivity index (χ4v) is 3.32. The maximum Gasteiger partial charge on any atom is 0.252 e. The summed E-state index contributed by atoms with van der Waals surface area (Å²) < 4.78 is 12.0. The number of hydrogen-bond donors (Lipinski definition) is 2. The third-order valence-corrected chi connectivity index (χ3v) is 4.85. The summed E-state index contributed by atoms with van der Waals surface area (Å²) in [5.74, 6) is 1.27. The van der Waals surface area contributed by atoms with Crippen LogP contribution in [0.5, 0.6) is 11.5 Å². The summed E-state index contributed by atoms with van der Waals surface area (Å²) in [6, 6.07) is 11.4. The first kappa shape index (κ1) is 17.5. The molecule has 5 rings (SSSR count). The van der Waals surface area contributed by atoms with Crippen molar-refractivity contribution >= 4 is 35.1 Å². The molecule has 9 nitrogen and oxygen atoms in total. The molecule has 0 radical (unpaired) electrons. The van der Waals surface area contributed by atoms with E-state index in [1.54, 1.807) is 42.5 Å². The van der Waals surface area contributed by atoms with Crippen molar-refractivity contribution in [3.05, 3.63) is 47.5 Å². The normalized spacial score (nSPS) is 16.4. The van der Waals surface area contributed by atoms with Crippen LogP contribution in [-0.4, -0.2) is 33.4 Å². The Kier molecular flexibility index (Phi) is 4.09. The van der Waals surface area contributed by atoms with Crippen molar-refractivity contribution in [1.29, 1.82) is 0 Å². The molecule has 2 aromatic carbocycles. The second-order valence-electron chi connectivity index (χ2n) is 6.54. The minimum absolute atomic E-state index is 0.0866. The van der Waals surface area contributed by atoms with Crippen LogP contribution in [0.15, 0.2) is 42.5 Å². The molecule has 0 saturated heterocycles. The summed E-state index contributed by atoms with van der Waals surface area (Å²) in [5.41, 5.74) is 1.31. The molecule has 0 aliphatic carbocycles. The van der Waals surface area contributed by atoms with E-state index in [0.717, 1.165) is 5.56 Å². The van der Waals surface area contributed by atoms with Crippen LogP contribution in [0.25, 0.3) is 11.4 Å². The van der Waals surface area contributed by atoms with Crippen LogP contribution in [0.4, 0.5) is 11.6 Å². The minimum Gasteiger partial charge on any atom is -0.454 e. The molecule has 1 unspecified atom stereocenters. The average Bonchev–Trinajstić information content (AvgIpc) is 3.39. The first-order valence-corrected chi connectivity index (χ1v) is 9.17. The number of nitrogens with one attached hydrogen (secondary N) is 2. The van der Waals surface area contributed by atoms with Crippen molar-refractivity contribution in [2.24, 2.45) is 0 Å². The lowest BCUT2D eigenvalue weighted by Gasteiger charge is -2.10. The Hall–Kier alpha value is -3.59. The number of fused-ring (bicyclic) bond motifs is 2. The van der Waals surface area contributed by atoms with Crippen molar-refractivity contribution in [3.8, 4) is 22.9 Å². The van der Waals surface area contributed by atoms with Gasteiger partial charge in [-0.05, 0) is 36.4 Å². The Labute approximate surface area is 169 Å². The molecule has 1 aromatic heterocycles. The van der Waals surface area contributed by atoms with E-state index in [2.05, 4.69) is 20.7 Å². The van der Waals surface area contributed by atoms with Gasteiger partial charge in [0.15, 0.2) is 17.3 Å². The molecule has 2 aliphatic heterocycles. The average molecular weight is 412 g/mol. The Morgan fingerprint density at radius 1 is 1.21 bits per heavy atom. The highest BCUT2D eigenvalue weighted by atomic mass is 35.5. The van der Waals surface area contributed by atoms with Crippen molar-refractivity contribution in [3.63, 3.8) is 0 Å². The van der Waals surface area contributed by atoms with Crippen LogP contribution in [0.1, 0.15) is 12.5 Å². The number of ether oxygens (including phenoxy) is 2. The summed E-state index contributed by atoms with van der Waals surface area (Å²) in [6.45, 7) is 0.153. The third kappa shape index (κ3) is 3.25. The van der Waals surface area contributed by atoms with Gasteiger partial charge >= 0.3 is 0 Å². The maximum absolute atomic E-state index is 12.5. The lowest BCUT2D eigenvalue weighted by atomic mass is 10.2. The van der Waals surface area contributed by atoms with Gasteiger partial charge in [0.2, 0.25) is 18.6 Å². The number of hydrogen-bond acceptors (Lipinski definition) is 6. The van der Waals surface area contributed by atoms with Crippen molar-refractivity contribution < 1.29 is 19.1 Å². The molecule has 2 N–H and O–H groups in total. The van der Waals surface area contributed by atoms with E-state index in [0.29, 0.717) is 34.0 Å². The van der Waals surface area contributed by atoms with Gasteiger partial charge in [0.05, 0.1) is 6.42 Å². The molecule has 1 atom stereocenters. The highest BCUT2D eigenvalue weighted by Gasteiger charge is 2.35. The molecule has 10 heteroatoms. The zero-order valence-electron chi connectivity index (χ0n) is 14.9. The summed E-state index contributed by atoms with van der Waals surface area (Å²) in [5, 5.41) is 10.4. The standard InChI is InChI=1S/C19H14ClN5O4/c20-11-3-1-10(2-4-11)17-22-19-23-18(27)13(25(19)24-17)8-16(26)21-12-5-6-14-15(7-12)29-9-28-14/h1-7,13H,8-9H2,(H,21,26)(H,22,23,24,27). The molecule has 2 aliphatic rings. The van der Waals surface area contributed by atoms with E-state index in [1.807, 2.05) is 0 Å². The SMILES string of the molecule is O=C(CC1C(=O)Nc2nc(-c3ccc(Cl)cc3)nn21)Nc1ccc2c(c1)OCO2. The Bertz CT molecular complexity index is 1130. The predicted molar refractivity (Wildman–Crippen MR) is 104 cm³/mol. The van der Waals surface area contributed by atoms with Crippen LogP contribution >= 0.6 is 11.6 Å². The van der Waals surface area contributed by atoms with E-state index in [9.17, 15) is 9.59 Å². The van der Waals surface area contributed by atoms with Crippen LogP contribution in [0.3, 0.4) is 0 Å². The summed E-state index contributed by atoms with van der Waals surface area (Å²) >= 11 is 5.91. The number of amides is 2. The molecule has 0 saturated carbocycles. The molecule has 0 bridgehead atoms. The number of carbonyl (C=O) groups is 2. The molecule has 0 spiro atoms. The quantitative estimate of drug-likeness (QED) is 0.683. The largest absolute Gasteiger partial charge is 0.454 e. The molecule has 0 fully saturated rings. The number of aromatic nitrogens is 3. The van der Waals surface area contributed by atoms with E-state index < -0.39 is 6.04 Å². The van der Waals surface area contributed by atoms with Gasteiger partial charge in [-0.25, -0.2) is 4.68 Å². The van der Waals surface area contributed by atoms with Crippen LogP contribution in [-0.2, 0) is 9.59 Å². The second-order valence-corrected chi connectivity index (χ2v) is 6.97. The first-order chi connectivity index (χ1) is 14.1. The van der Waals surface area contributed by atoms with Gasteiger partial charge in [-0.15, -0.1) is 5.10 Å². The van der Waals surface area contributed by atoms with Gasteiger partial charge in [-0.1, -0.05) is 11.6 Å². The minimum atomic E-state index is -0.785. The molecule has 146 valence electrons. The zero-order chi connectivity index (χ0) is 20.0. The Morgan fingerprint density at radius 3 is 2.83 bits per heavy atom. The van der Waals surface area contributed by atoms with Gasteiger partial charge < -0.3 is 14.8 Å². The van der Waals surface area contributed by atoms with E-state index in [4.69, 9.17) is 21.1 Å². The van der Waals surface area contributed by atoms with Gasteiger partial charge in [0.25, 0.3) is 5.91 Å². The lowest BCUT2D eigenvalue weighted by Crippen LogP contribution is -2.23. The lowest BCUT2D eigenvalue weighted by molar-refractivity contribution is -0.123. The van der Waals surface area contributed by atoms with Crippen LogP contribution in [0, 0.1) is 0 Å². The molecule has 3 heterocycles. The second kappa shape index (κ2) is 6.78. The van der Waals surface area contributed by atoms with Gasteiger partial charge in [-0.2, -0.15) is 4.98 Å². The molecular formula is C19H14ClN5O4. The van der Waals surface area contributed by atoms with E-state index >= 15 is 0 Å². The van der Waals surface area contributed by atoms with Crippen LogP contribution < -0.4 is 20.1 Å². The topological polar surface area (TPSA) is 107 Å². The number of nitrogens with zero attached hydrogens (tertiary/aromatic N) is 3. The van der Waals surface area contributed by atoms with Gasteiger partial charge in [0, 0.05) is 22.3 Å². The number of anilines is 2. The summed E-state index contributed by atoms with van der Waals surface area (Å²) in [7, 11) is 0. The molecule has 29 heavy (non-hydrogen) atoms. The number of carbonyl (C=O) groups excluding carboxylic acids is 2. The highest BCUT2D eigenvalue weighted by molar-refractivity contribution is 6.30. The predicted octanol–water partition coefficient (Wildman–Crippen LogP) is 2.85. The Morgan fingerprint density at radius 2 is 2.00 bits per heavy atom.